The van der Waals surface area contributed by atoms with Gasteiger partial charge in [-0.1, -0.05) is 0 Å². The van der Waals surface area contributed by atoms with E-state index in [4.69, 9.17) is 0 Å². The van der Waals surface area contributed by atoms with E-state index in [0.29, 0.717) is 6.04 Å². The Morgan fingerprint density at radius 1 is 1.29 bits per heavy atom. The molecule has 132 valence electrons. The van der Waals surface area contributed by atoms with E-state index in [1.54, 1.807) is 0 Å². The molecule has 0 radical (unpaired) electrons. The summed E-state index contributed by atoms with van der Waals surface area (Å²) in [6.07, 6.45) is 3.03. The lowest BCUT2D eigenvalue weighted by molar-refractivity contribution is 0.189. The zero-order valence-electron chi connectivity index (χ0n) is 14.8. The summed E-state index contributed by atoms with van der Waals surface area (Å²) in [5.41, 5.74) is 1.00. The molecule has 2 aliphatic heterocycles. The molecule has 2 saturated heterocycles. The zero-order chi connectivity index (χ0) is 17.1. The molecule has 2 aliphatic rings. The van der Waals surface area contributed by atoms with Gasteiger partial charge < -0.3 is 15.1 Å². The van der Waals surface area contributed by atoms with Crippen molar-refractivity contribution in [3.8, 4) is 0 Å². The average Bonchev–Trinajstić information content (AvgIpc) is 3.08. The number of thioether (sulfide) groups is 1. The smallest absolute Gasteiger partial charge is 0.317 e. The van der Waals surface area contributed by atoms with Crippen molar-refractivity contribution >= 4 is 23.6 Å². The topological polar surface area (TPSA) is 61.4 Å². The molecule has 6 nitrogen and oxygen atoms in total. The van der Waals surface area contributed by atoms with Crippen molar-refractivity contribution in [3.63, 3.8) is 0 Å². The van der Waals surface area contributed by atoms with Crippen LogP contribution in [0.25, 0.3) is 0 Å². The maximum Gasteiger partial charge on any atom is 0.317 e. The zero-order valence-corrected chi connectivity index (χ0v) is 15.6. The molecule has 0 spiro atoms. The molecule has 3 rings (SSSR count). The Labute approximate surface area is 148 Å². The maximum atomic E-state index is 12.4. The van der Waals surface area contributed by atoms with E-state index in [2.05, 4.69) is 20.2 Å². The number of nitrogens with zero attached hydrogens (tertiary/aromatic N) is 4. The number of anilines is 1. The van der Waals surface area contributed by atoms with Crippen LogP contribution in [0.4, 0.5) is 10.6 Å². The predicted octanol–water partition coefficient (Wildman–Crippen LogP) is 2.21. The van der Waals surface area contributed by atoms with Crippen molar-refractivity contribution in [2.24, 2.45) is 0 Å². The van der Waals surface area contributed by atoms with Gasteiger partial charge in [0.2, 0.25) is 0 Å². The average molecular weight is 350 g/mol. The van der Waals surface area contributed by atoms with Crippen molar-refractivity contribution in [2.75, 3.05) is 36.5 Å². The number of hydrogen-bond donors (Lipinski definition) is 1. The van der Waals surface area contributed by atoms with E-state index in [1.807, 2.05) is 43.6 Å². The molecule has 1 N–H and O–H groups in total. The number of nitrogens with one attached hydrogen (secondary N) is 1. The van der Waals surface area contributed by atoms with Crippen LogP contribution in [0.5, 0.6) is 0 Å². The number of carbonyl (C=O) groups excluding carboxylic acids is 1. The third-order valence-electron chi connectivity index (χ3n) is 4.87. The van der Waals surface area contributed by atoms with Crippen LogP contribution < -0.4 is 10.2 Å². The molecule has 0 aliphatic carbocycles. The second-order valence-electron chi connectivity index (χ2n) is 6.75. The van der Waals surface area contributed by atoms with Gasteiger partial charge in [-0.15, -0.1) is 0 Å². The molecule has 1 atom stereocenters. The van der Waals surface area contributed by atoms with Gasteiger partial charge in [0.15, 0.2) is 0 Å². The van der Waals surface area contributed by atoms with Crippen LogP contribution in [-0.2, 0) is 0 Å². The summed E-state index contributed by atoms with van der Waals surface area (Å²) in [5.74, 6) is 4.05. The Morgan fingerprint density at radius 2 is 2.04 bits per heavy atom. The SMILES string of the molecule is Cc1cc(N2CCC(NC(=O)N(C)[C@@H]3CCSC3)CC2)nc(C)n1. The lowest BCUT2D eigenvalue weighted by Crippen LogP contribution is -2.50. The molecule has 1 aromatic rings. The van der Waals surface area contributed by atoms with E-state index in [-0.39, 0.29) is 12.1 Å². The predicted molar refractivity (Wildman–Crippen MR) is 98.8 cm³/mol. The van der Waals surface area contributed by atoms with Crippen LogP contribution in [0.3, 0.4) is 0 Å². The quantitative estimate of drug-likeness (QED) is 0.906. The maximum absolute atomic E-state index is 12.4. The number of rotatable bonds is 3. The summed E-state index contributed by atoms with van der Waals surface area (Å²) >= 11 is 1.93. The molecule has 3 heterocycles. The Kier molecular flexibility index (Phi) is 5.48. The minimum atomic E-state index is 0.0784. The molecule has 7 heteroatoms. The minimum Gasteiger partial charge on any atom is -0.356 e. The Bertz CT molecular complexity index is 562. The van der Waals surface area contributed by atoms with Gasteiger partial charge in [-0.05, 0) is 38.9 Å². The fourth-order valence-electron chi connectivity index (χ4n) is 3.38. The Morgan fingerprint density at radius 3 is 2.67 bits per heavy atom. The van der Waals surface area contributed by atoms with Gasteiger partial charge in [-0.25, -0.2) is 14.8 Å². The van der Waals surface area contributed by atoms with Crippen molar-refractivity contribution in [2.45, 2.75) is 45.2 Å². The van der Waals surface area contributed by atoms with E-state index >= 15 is 0 Å². The highest BCUT2D eigenvalue weighted by molar-refractivity contribution is 7.99. The lowest BCUT2D eigenvalue weighted by atomic mass is 10.1. The van der Waals surface area contributed by atoms with E-state index < -0.39 is 0 Å². The first-order valence-corrected chi connectivity index (χ1v) is 9.86. The van der Waals surface area contributed by atoms with Crippen LogP contribution in [0.2, 0.25) is 0 Å². The lowest BCUT2D eigenvalue weighted by Gasteiger charge is -2.34. The Balaban J connectivity index is 1.50. The van der Waals surface area contributed by atoms with Gasteiger partial charge in [0, 0.05) is 49.7 Å². The summed E-state index contributed by atoms with van der Waals surface area (Å²) in [7, 11) is 1.92. The second-order valence-corrected chi connectivity index (χ2v) is 7.90. The number of aromatic nitrogens is 2. The van der Waals surface area contributed by atoms with Gasteiger partial charge in [-0.2, -0.15) is 11.8 Å². The summed E-state index contributed by atoms with van der Waals surface area (Å²) < 4.78 is 0. The van der Waals surface area contributed by atoms with Crippen LogP contribution in [-0.4, -0.2) is 64.6 Å². The van der Waals surface area contributed by atoms with Gasteiger partial charge in [0.25, 0.3) is 0 Å². The van der Waals surface area contributed by atoms with E-state index in [9.17, 15) is 4.79 Å². The summed E-state index contributed by atoms with van der Waals surface area (Å²) in [6, 6.07) is 2.77. The third-order valence-corrected chi connectivity index (χ3v) is 6.02. The molecular formula is C17H27N5OS. The molecule has 1 aromatic heterocycles. The fourth-order valence-corrected chi connectivity index (χ4v) is 4.65. The highest BCUT2D eigenvalue weighted by atomic mass is 32.2. The highest BCUT2D eigenvalue weighted by Crippen LogP contribution is 2.22. The first-order chi connectivity index (χ1) is 11.5. The number of aryl methyl sites for hydroxylation is 2. The monoisotopic (exact) mass is 349 g/mol. The molecule has 2 fully saturated rings. The number of hydrogen-bond acceptors (Lipinski definition) is 5. The fraction of sp³-hybridized carbons (Fsp3) is 0.706. The first-order valence-electron chi connectivity index (χ1n) is 8.71. The van der Waals surface area contributed by atoms with Gasteiger partial charge >= 0.3 is 6.03 Å². The number of carbonyl (C=O) groups is 1. The van der Waals surface area contributed by atoms with E-state index in [0.717, 1.165) is 55.4 Å². The summed E-state index contributed by atoms with van der Waals surface area (Å²) in [6.45, 7) is 5.77. The Hall–Kier alpha value is -1.50. The van der Waals surface area contributed by atoms with Crippen LogP contribution in [0, 0.1) is 13.8 Å². The summed E-state index contributed by atoms with van der Waals surface area (Å²) in [4.78, 5) is 25.5. The van der Waals surface area contributed by atoms with Gasteiger partial charge in [0.05, 0.1) is 0 Å². The molecule has 0 unspecified atom stereocenters. The first kappa shape index (κ1) is 17.3. The van der Waals surface area contributed by atoms with Crippen molar-refractivity contribution < 1.29 is 4.79 Å². The highest BCUT2D eigenvalue weighted by Gasteiger charge is 2.27. The third kappa shape index (κ3) is 4.12. The normalized spacial score (nSPS) is 21.8. The molecule has 0 saturated carbocycles. The molecule has 2 amide bonds. The van der Waals surface area contributed by atoms with Crippen LogP contribution in [0.1, 0.15) is 30.8 Å². The van der Waals surface area contributed by atoms with Crippen LogP contribution in [0.15, 0.2) is 6.07 Å². The molecule has 24 heavy (non-hydrogen) atoms. The van der Waals surface area contributed by atoms with Crippen molar-refractivity contribution in [1.82, 2.24) is 20.2 Å². The number of amides is 2. The molecule has 0 aromatic carbocycles. The standard InChI is InChI=1S/C17H27N5OS/c1-12-10-16(19-13(2)18-12)22-7-4-14(5-8-22)20-17(23)21(3)15-6-9-24-11-15/h10,14-15H,4-9,11H2,1-3H3,(H,20,23)/t15-/m1/s1. The molecular weight excluding hydrogens is 322 g/mol. The van der Waals surface area contributed by atoms with Gasteiger partial charge in [0.1, 0.15) is 11.6 Å². The number of urea groups is 1. The second kappa shape index (κ2) is 7.59. The summed E-state index contributed by atoms with van der Waals surface area (Å²) in [5, 5.41) is 3.21. The largest absolute Gasteiger partial charge is 0.356 e. The van der Waals surface area contributed by atoms with E-state index in [1.165, 1.54) is 5.75 Å². The van der Waals surface area contributed by atoms with Crippen LogP contribution >= 0.6 is 11.8 Å². The number of piperidine rings is 1. The van der Waals surface area contributed by atoms with Gasteiger partial charge in [-0.3, -0.25) is 0 Å². The van der Waals surface area contributed by atoms with Crippen molar-refractivity contribution in [1.29, 1.82) is 0 Å². The molecule has 0 bridgehead atoms. The minimum absolute atomic E-state index is 0.0784. The van der Waals surface area contributed by atoms with Crippen molar-refractivity contribution in [3.05, 3.63) is 17.6 Å².